The summed E-state index contributed by atoms with van der Waals surface area (Å²) < 4.78 is 5.21. The van der Waals surface area contributed by atoms with Gasteiger partial charge in [-0.25, -0.2) is 4.79 Å². The van der Waals surface area contributed by atoms with Crippen molar-refractivity contribution in [1.82, 2.24) is 0 Å². The van der Waals surface area contributed by atoms with Crippen molar-refractivity contribution in [3.8, 4) is 0 Å². The lowest BCUT2D eigenvalue weighted by molar-refractivity contribution is -0.134. The summed E-state index contributed by atoms with van der Waals surface area (Å²) in [6.07, 6.45) is 14.6. The van der Waals surface area contributed by atoms with Gasteiger partial charge < -0.3 is 4.74 Å². The van der Waals surface area contributed by atoms with Gasteiger partial charge in [0.2, 0.25) is 0 Å². The summed E-state index contributed by atoms with van der Waals surface area (Å²) >= 11 is 0. The van der Waals surface area contributed by atoms with Gasteiger partial charge in [-0.15, -0.1) is 0 Å². The van der Waals surface area contributed by atoms with Gasteiger partial charge in [-0.05, 0) is 25.2 Å². The molecule has 94 valence electrons. The van der Waals surface area contributed by atoms with E-state index in [0.29, 0.717) is 11.3 Å². The van der Waals surface area contributed by atoms with Crippen molar-refractivity contribution in [3.05, 3.63) is 85.8 Å². The molecule has 2 heteroatoms. The van der Waals surface area contributed by atoms with Gasteiger partial charge in [0.1, 0.15) is 5.76 Å². The molecule has 0 rings (SSSR count). The van der Waals surface area contributed by atoms with Crippen LogP contribution in [0.2, 0.25) is 0 Å². The average molecular weight is 242 g/mol. The summed E-state index contributed by atoms with van der Waals surface area (Å²) in [7, 11) is 0. The molecule has 0 N–H and O–H groups in total. The first-order chi connectivity index (χ1) is 8.69. The van der Waals surface area contributed by atoms with Crippen LogP contribution < -0.4 is 0 Å². The predicted molar refractivity (Wildman–Crippen MR) is 76.8 cm³/mol. The van der Waals surface area contributed by atoms with Crippen molar-refractivity contribution in [2.45, 2.75) is 6.92 Å². The van der Waals surface area contributed by atoms with Crippen LogP contribution in [0.25, 0.3) is 0 Å². The van der Waals surface area contributed by atoms with Gasteiger partial charge in [0, 0.05) is 0 Å². The normalized spacial score (nSPS) is 12.7. The predicted octanol–water partition coefficient (Wildman–Crippen LogP) is 4.03. The Hall–Kier alpha value is -2.35. The summed E-state index contributed by atoms with van der Waals surface area (Å²) in [5, 5.41) is 0. The maximum atomic E-state index is 11.8. The third-order valence-electron chi connectivity index (χ3n) is 1.77. The van der Waals surface area contributed by atoms with Crippen molar-refractivity contribution in [3.63, 3.8) is 0 Å². The molecule has 2 nitrogen and oxygen atoms in total. The molecule has 0 saturated heterocycles. The van der Waals surface area contributed by atoms with E-state index in [1.54, 1.807) is 48.6 Å². The van der Waals surface area contributed by atoms with Crippen LogP contribution in [-0.2, 0) is 9.53 Å². The van der Waals surface area contributed by atoms with Gasteiger partial charge >= 0.3 is 5.97 Å². The molecule has 0 radical (unpaired) electrons. The van der Waals surface area contributed by atoms with Crippen LogP contribution in [0.5, 0.6) is 0 Å². The van der Waals surface area contributed by atoms with E-state index in [0.717, 1.165) is 0 Å². The van der Waals surface area contributed by atoms with Crippen LogP contribution >= 0.6 is 0 Å². The molecule has 0 aliphatic rings. The topological polar surface area (TPSA) is 26.3 Å². The summed E-state index contributed by atoms with van der Waals surface area (Å²) in [6, 6.07) is 0. The van der Waals surface area contributed by atoms with Crippen LogP contribution in [0.15, 0.2) is 85.8 Å². The number of hydrogen-bond acceptors (Lipinski definition) is 2. The largest absolute Gasteiger partial charge is 0.423 e. The van der Waals surface area contributed by atoms with E-state index < -0.39 is 5.97 Å². The first-order valence-corrected chi connectivity index (χ1v) is 5.49. The zero-order valence-electron chi connectivity index (χ0n) is 10.6. The molecule has 0 fully saturated rings. The van der Waals surface area contributed by atoms with Crippen molar-refractivity contribution >= 4 is 5.97 Å². The quantitative estimate of drug-likeness (QED) is 0.291. The molecule has 0 aromatic heterocycles. The molecular weight excluding hydrogens is 224 g/mol. The molecule has 0 bridgehead atoms. The second-order valence-electron chi connectivity index (χ2n) is 3.15. The fraction of sp³-hybridized carbons (Fsp3) is 0.0625. The maximum Gasteiger partial charge on any atom is 0.343 e. The van der Waals surface area contributed by atoms with E-state index in [2.05, 4.69) is 19.7 Å². The van der Waals surface area contributed by atoms with Crippen molar-refractivity contribution in [1.29, 1.82) is 0 Å². The Labute approximate surface area is 109 Å². The zero-order chi connectivity index (χ0) is 13.8. The molecule has 0 aliphatic carbocycles. The Morgan fingerprint density at radius 1 is 1.00 bits per heavy atom. The Morgan fingerprint density at radius 2 is 1.67 bits per heavy atom. The Bertz CT molecular complexity index is 432. The van der Waals surface area contributed by atoms with Crippen LogP contribution in [-0.4, -0.2) is 5.97 Å². The monoisotopic (exact) mass is 242 g/mol. The second kappa shape index (κ2) is 9.85. The number of hydrogen-bond donors (Lipinski definition) is 0. The van der Waals surface area contributed by atoms with Gasteiger partial charge in [-0.2, -0.15) is 0 Å². The molecule has 0 heterocycles. The van der Waals surface area contributed by atoms with E-state index >= 15 is 0 Å². The number of ether oxygens (including phenoxy) is 1. The molecule has 0 aliphatic heterocycles. The highest BCUT2D eigenvalue weighted by Crippen LogP contribution is 2.08. The van der Waals surface area contributed by atoms with Crippen molar-refractivity contribution < 1.29 is 9.53 Å². The maximum absolute atomic E-state index is 11.8. The fourth-order valence-electron chi connectivity index (χ4n) is 1.07. The highest BCUT2D eigenvalue weighted by atomic mass is 16.5. The lowest BCUT2D eigenvalue weighted by Gasteiger charge is -2.04. The van der Waals surface area contributed by atoms with E-state index in [9.17, 15) is 4.79 Å². The van der Waals surface area contributed by atoms with Crippen LogP contribution in [0.4, 0.5) is 0 Å². The first kappa shape index (κ1) is 15.7. The number of carbonyl (C=O) groups is 1. The molecule has 0 atom stereocenters. The van der Waals surface area contributed by atoms with Gasteiger partial charge in [0.15, 0.2) is 0 Å². The SMILES string of the molecule is C=C/C=C\C(=C/C=C)OC(=O)C(/C=C\C)=C/C=C. The van der Waals surface area contributed by atoms with E-state index in [-0.39, 0.29) is 0 Å². The third kappa shape index (κ3) is 6.28. The number of carbonyl (C=O) groups excluding carboxylic acids is 1. The molecular formula is C16H18O2. The van der Waals surface area contributed by atoms with Gasteiger partial charge in [-0.1, -0.05) is 56.2 Å². The minimum atomic E-state index is -0.449. The van der Waals surface area contributed by atoms with Gasteiger partial charge in [0.25, 0.3) is 0 Å². The summed E-state index contributed by atoms with van der Waals surface area (Å²) in [5.74, 6) is -0.0517. The standard InChI is InChI=1S/C16H18O2/c1-5-9-13-15(12-8-4)18-16(17)14(10-6-2)11-7-3/h5-13H,1-2,4H2,3H3/b11-7-,13-9-,14-10+,15-12+. The van der Waals surface area contributed by atoms with E-state index in [4.69, 9.17) is 4.74 Å². The summed E-state index contributed by atoms with van der Waals surface area (Å²) in [6.45, 7) is 12.5. The smallest absolute Gasteiger partial charge is 0.343 e. The number of allylic oxidation sites excluding steroid dienone is 8. The van der Waals surface area contributed by atoms with Crippen molar-refractivity contribution in [2.24, 2.45) is 0 Å². The highest BCUT2D eigenvalue weighted by Gasteiger charge is 2.08. The summed E-state index contributed by atoms with van der Waals surface area (Å²) in [4.78, 5) is 11.8. The Morgan fingerprint density at radius 3 is 2.17 bits per heavy atom. The van der Waals surface area contributed by atoms with E-state index in [1.807, 2.05) is 6.92 Å². The molecule has 0 saturated carbocycles. The van der Waals surface area contributed by atoms with Crippen LogP contribution in [0.1, 0.15) is 6.92 Å². The Balaban J connectivity index is 4.98. The molecule has 0 spiro atoms. The molecule has 18 heavy (non-hydrogen) atoms. The van der Waals surface area contributed by atoms with Crippen molar-refractivity contribution in [2.75, 3.05) is 0 Å². The van der Waals surface area contributed by atoms with Crippen LogP contribution in [0.3, 0.4) is 0 Å². The lowest BCUT2D eigenvalue weighted by atomic mass is 10.2. The minimum absolute atomic E-state index is 0.398. The van der Waals surface area contributed by atoms with E-state index in [1.165, 1.54) is 6.08 Å². The Kier molecular flexibility index (Phi) is 8.56. The van der Waals surface area contributed by atoms with Crippen LogP contribution in [0, 0.1) is 0 Å². The number of rotatable bonds is 7. The molecule has 0 aromatic carbocycles. The molecule has 0 aromatic rings. The highest BCUT2D eigenvalue weighted by molar-refractivity contribution is 5.92. The zero-order valence-corrected chi connectivity index (χ0v) is 10.6. The molecule has 0 amide bonds. The first-order valence-electron chi connectivity index (χ1n) is 5.49. The summed E-state index contributed by atoms with van der Waals surface area (Å²) in [5.41, 5.74) is 0.425. The third-order valence-corrected chi connectivity index (χ3v) is 1.77. The lowest BCUT2D eigenvalue weighted by Crippen LogP contribution is -2.05. The molecule has 0 unspecified atom stereocenters. The minimum Gasteiger partial charge on any atom is -0.423 e. The fourth-order valence-corrected chi connectivity index (χ4v) is 1.07. The van der Waals surface area contributed by atoms with Gasteiger partial charge in [-0.3, -0.25) is 0 Å². The number of esters is 1. The average Bonchev–Trinajstić information content (AvgIpc) is 2.36. The second-order valence-corrected chi connectivity index (χ2v) is 3.15. The van der Waals surface area contributed by atoms with Gasteiger partial charge in [0.05, 0.1) is 5.57 Å².